The van der Waals surface area contributed by atoms with Crippen LogP contribution in [0, 0.1) is 20.8 Å². The van der Waals surface area contributed by atoms with Crippen LogP contribution in [-0.4, -0.2) is 24.9 Å². The Morgan fingerprint density at radius 2 is 0.686 bits per heavy atom. The van der Waals surface area contributed by atoms with E-state index in [-0.39, 0.29) is 0 Å². The molecule has 0 spiro atoms. The van der Waals surface area contributed by atoms with Crippen molar-refractivity contribution in [3.63, 3.8) is 0 Å². The van der Waals surface area contributed by atoms with Gasteiger partial charge in [-0.15, -0.1) is 0 Å². The Morgan fingerprint density at radius 1 is 0.255 bits per heavy atom. The number of benzene rings is 10. The molecule has 0 unspecified atom stereocenters. The predicted molar refractivity (Wildman–Crippen MR) is 418 cm³/mol. The monoisotopic (exact) mass is 1320 g/mol. The van der Waals surface area contributed by atoms with Crippen LogP contribution in [0.25, 0.3) is 166 Å². The maximum absolute atomic E-state index is 6.07. The number of fused-ring (bicyclic) bond motifs is 15. The van der Waals surface area contributed by atoms with Gasteiger partial charge in [-0.3, -0.25) is 19.9 Å². The molecule has 20 rings (SSSR count). The first-order valence-electron chi connectivity index (χ1n) is 34.4. The topological polar surface area (TPSA) is 130 Å². The van der Waals surface area contributed by atoms with E-state index >= 15 is 0 Å². The van der Waals surface area contributed by atoms with Gasteiger partial charge in [-0.05, 0) is 133 Å². The van der Waals surface area contributed by atoms with Gasteiger partial charge in [0.25, 0.3) is 0 Å². The van der Waals surface area contributed by atoms with Gasteiger partial charge in [0.2, 0.25) is 5.71 Å². The highest BCUT2D eigenvalue weighted by Gasteiger charge is 2.18. The average Bonchev–Trinajstić information content (AvgIpc) is 1.65. The number of pyridine rings is 5. The van der Waals surface area contributed by atoms with Crippen LogP contribution >= 0.6 is 0 Å². The maximum Gasteiger partial charge on any atom is 0.227 e. The fraction of sp³-hybridized carbons (Fsp3) is 0.0761. The largest absolute Gasteiger partial charge is 0.455 e. The number of para-hydroxylation sites is 5. The van der Waals surface area contributed by atoms with Crippen molar-refractivity contribution in [3.8, 4) is 55.6 Å². The number of aryl methyl sites for hydroxylation is 5. The summed E-state index contributed by atoms with van der Waals surface area (Å²) >= 11 is 0. The normalized spacial score (nSPS) is 11.3. The summed E-state index contributed by atoms with van der Waals surface area (Å²) in [5, 5.41) is 8.70. The molecule has 0 radical (unpaired) electrons. The van der Waals surface area contributed by atoms with Gasteiger partial charge in [0.05, 0.1) is 0 Å². The maximum atomic E-state index is 6.07. The van der Waals surface area contributed by atoms with Crippen LogP contribution < -0.4 is 0 Å². The molecular weight excluding hydrogens is 1260 g/mol. The van der Waals surface area contributed by atoms with Crippen molar-refractivity contribution < 1.29 is 22.1 Å². The first-order valence-corrected chi connectivity index (χ1v) is 34.4. The van der Waals surface area contributed by atoms with Crippen molar-refractivity contribution in [1.29, 1.82) is 0 Å². The van der Waals surface area contributed by atoms with Gasteiger partial charge in [0.1, 0.15) is 50.1 Å². The molecule has 10 aromatic heterocycles. The Morgan fingerprint density at radius 3 is 1.32 bits per heavy atom. The average molecular weight is 1320 g/mol. The number of aromatic nitrogens is 5. The molecular formula is C92H69N5O5. The Labute approximate surface area is 588 Å². The highest BCUT2D eigenvalue weighted by Crippen LogP contribution is 2.41. The third kappa shape index (κ3) is 12.6. The number of furan rings is 5. The van der Waals surface area contributed by atoms with Crippen molar-refractivity contribution in [2.45, 2.75) is 47.5 Å². The smallest absolute Gasteiger partial charge is 0.227 e. The summed E-state index contributed by atoms with van der Waals surface area (Å²) in [6, 6.07) is 89.3. The fourth-order valence-corrected chi connectivity index (χ4v) is 13.6. The van der Waals surface area contributed by atoms with Gasteiger partial charge in [-0.2, -0.15) is 0 Å². The van der Waals surface area contributed by atoms with Crippen LogP contribution in [0.2, 0.25) is 0 Å². The van der Waals surface area contributed by atoms with Gasteiger partial charge < -0.3 is 22.1 Å². The molecule has 0 aliphatic carbocycles. The Hall–Kier alpha value is -13.1. The van der Waals surface area contributed by atoms with Crippen LogP contribution in [0.1, 0.15) is 41.7 Å². The van der Waals surface area contributed by atoms with E-state index in [9.17, 15) is 0 Å². The SMILES string of the molecule is CCc1cccc(-c2cccc3c2oc2cccnc23)c1.CCc1cccc(-c2cccc3c2oc2ccncc23)c1.Cc1cccc(-c2cccc3c2oc2ncccc23)c1.Cc1cccc(-c2ccnc3c2oc2ccccc23)c1.Cc1cccc(-c2cncc3c2oc2ccccc23)c1. The quantitative estimate of drug-likeness (QED) is 0.152. The highest BCUT2D eigenvalue weighted by atomic mass is 16.3. The fourth-order valence-electron chi connectivity index (χ4n) is 13.6. The van der Waals surface area contributed by atoms with Crippen LogP contribution in [0.5, 0.6) is 0 Å². The molecule has 102 heavy (non-hydrogen) atoms. The van der Waals surface area contributed by atoms with Gasteiger partial charge in [0, 0.05) is 114 Å². The van der Waals surface area contributed by atoms with Crippen LogP contribution in [-0.2, 0) is 12.8 Å². The molecule has 0 amide bonds. The third-order valence-electron chi connectivity index (χ3n) is 18.7. The minimum Gasteiger partial charge on any atom is -0.455 e. The van der Waals surface area contributed by atoms with Crippen LogP contribution in [0.4, 0.5) is 0 Å². The lowest BCUT2D eigenvalue weighted by Gasteiger charge is -2.04. The molecule has 20 aromatic rings. The zero-order valence-electron chi connectivity index (χ0n) is 57.1. The molecule has 10 aromatic carbocycles. The van der Waals surface area contributed by atoms with Crippen molar-refractivity contribution >= 4 is 110 Å². The molecule has 0 N–H and O–H groups in total. The molecule has 0 saturated carbocycles. The van der Waals surface area contributed by atoms with Gasteiger partial charge in [-0.1, -0.05) is 231 Å². The summed E-state index contributed by atoms with van der Waals surface area (Å²) < 4.78 is 30.1. The minimum atomic E-state index is 0.697. The van der Waals surface area contributed by atoms with Crippen molar-refractivity contribution in [1.82, 2.24) is 24.9 Å². The lowest BCUT2D eigenvalue weighted by atomic mass is 10.00. The van der Waals surface area contributed by atoms with E-state index in [1.807, 2.05) is 110 Å². The molecule has 0 aliphatic rings. The molecule has 0 atom stereocenters. The molecule has 0 fully saturated rings. The van der Waals surface area contributed by atoms with Crippen molar-refractivity contribution in [3.05, 3.63) is 332 Å². The van der Waals surface area contributed by atoms with Crippen molar-refractivity contribution in [2.75, 3.05) is 0 Å². The highest BCUT2D eigenvalue weighted by molar-refractivity contribution is 6.12. The second-order valence-electron chi connectivity index (χ2n) is 25.4. The number of rotatable bonds is 7. The number of hydrogen-bond donors (Lipinski definition) is 0. The summed E-state index contributed by atoms with van der Waals surface area (Å²) in [7, 11) is 0. The second-order valence-corrected chi connectivity index (χ2v) is 25.4. The molecule has 10 heteroatoms. The Kier molecular flexibility index (Phi) is 17.5. The lowest BCUT2D eigenvalue weighted by molar-refractivity contribution is 0.655. The standard InChI is InChI=1S/2C19H15NO.3C18H13NO/c1-2-13-6-3-7-14(12-13)15-8-4-9-16-18-17(21-19(15)16)10-5-11-20-18;1-2-13-5-3-6-14(11-13)15-7-4-8-16-17-12-20-10-9-18(17)21-19(15)16;1-12-5-2-6-13(11-12)14-7-3-8-15-16-9-4-10-19-18(16)20-17(14)15;1-12-5-4-6-13(9-12)15-10-19-11-16-14-7-2-3-8-17(14)20-18(15)16;1-12-5-4-6-13(11-12)14-9-10-19-17-15-7-2-3-8-16(15)20-18(14)17/h2*3-12H,2H2,1H3;3*2-11H,1H3. The Balaban J connectivity index is 0.0000000987. The second kappa shape index (κ2) is 28.1. The first-order chi connectivity index (χ1) is 50.2. The molecule has 10 nitrogen and oxygen atoms in total. The minimum absolute atomic E-state index is 0.697. The van der Waals surface area contributed by atoms with Crippen LogP contribution in [0.3, 0.4) is 0 Å². The lowest BCUT2D eigenvalue weighted by Crippen LogP contribution is -1.83. The summed E-state index contributed by atoms with van der Waals surface area (Å²) in [6.07, 6.45) is 14.9. The summed E-state index contributed by atoms with van der Waals surface area (Å²) in [5.74, 6) is 0. The molecule has 0 bridgehead atoms. The predicted octanol–water partition coefficient (Wildman–Crippen LogP) is 25.3. The van der Waals surface area contributed by atoms with Gasteiger partial charge >= 0.3 is 0 Å². The van der Waals surface area contributed by atoms with E-state index in [0.29, 0.717) is 5.71 Å². The number of nitrogens with zero attached hydrogens (tertiary/aromatic N) is 5. The number of hydrogen-bond acceptors (Lipinski definition) is 10. The first kappa shape index (κ1) is 63.7. The molecule has 10 heterocycles. The van der Waals surface area contributed by atoms with E-state index in [1.165, 1.54) is 44.5 Å². The zero-order chi connectivity index (χ0) is 69.0. The Bertz CT molecular complexity index is 5920. The third-order valence-corrected chi connectivity index (χ3v) is 18.7. The van der Waals surface area contributed by atoms with E-state index < -0.39 is 0 Å². The summed E-state index contributed by atoms with van der Waals surface area (Å²) in [4.78, 5) is 21.8. The van der Waals surface area contributed by atoms with E-state index in [4.69, 9.17) is 22.1 Å². The van der Waals surface area contributed by atoms with Gasteiger partial charge in [0.15, 0.2) is 11.2 Å². The molecule has 0 saturated heterocycles. The molecule has 0 aliphatic heterocycles. The van der Waals surface area contributed by atoms with Crippen molar-refractivity contribution in [2.24, 2.45) is 0 Å². The van der Waals surface area contributed by atoms with E-state index in [0.717, 1.165) is 156 Å². The molecule has 492 valence electrons. The summed E-state index contributed by atoms with van der Waals surface area (Å²) in [5.41, 5.74) is 28.4. The summed E-state index contributed by atoms with van der Waals surface area (Å²) in [6.45, 7) is 10.6. The van der Waals surface area contributed by atoms with E-state index in [1.54, 1.807) is 12.4 Å². The van der Waals surface area contributed by atoms with Gasteiger partial charge in [-0.25, -0.2) is 4.98 Å². The zero-order valence-corrected chi connectivity index (χ0v) is 57.1. The van der Waals surface area contributed by atoms with E-state index in [2.05, 4.69) is 242 Å². The van der Waals surface area contributed by atoms with Crippen LogP contribution in [0.15, 0.2) is 326 Å².